The average Bonchev–Trinajstić information content (AvgIpc) is 2.99. The average molecular weight is 303 g/mol. The number of nitrogens with zero attached hydrogens (tertiary/aromatic N) is 2. The summed E-state index contributed by atoms with van der Waals surface area (Å²) in [6, 6.07) is 1.59. The first kappa shape index (κ1) is 15.3. The molecule has 0 unspecified atom stereocenters. The van der Waals surface area contributed by atoms with Crippen LogP contribution in [0.25, 0.3) is 0 Å². The third-order valence-corrected chi connectivity index (χ3v) is 5.01. The van der Waals surface area contributed by atoms with Crippen molar-refractivity contribution in [2.45, 2.75) is 57.8 Å². The van der Waals surface area contributed by atoms with Crippen LogP contribution in [0.5, 0.6) is 0 Å². The summed E-state index contributed by atoms with van der Waals surface area (Å²) < 4.78 is 0. The molecule has 120 valence electrons. The second-order valence-corrected chi connectivity index (χ2v) is 6.79. The van der Waals surface area contributed by atoms with E-state index in [-0.39, 0.29) is 17.4 Å². The highest BCUT2D eigenvalue weighted by Gasteiger charge is 2.28. The predicted octanol–water partition coefficient (Wildman–Crippen LogP) is 2.36. The van der Waals surface area contributed by atoms with E-state index in [1.165, 1.54) is 25.7 Å². The highest BCUT2D eigenvalue weighted by Crippen LogP contribution is 2.30. The predicted molar refractivity (Wildman–Crippen MR) is 84.7 cm³/mol. The van der Waals surface area contributed by atoms with Gasteiger partial charge < -0.3 is 9.88 Å². The fourth-order valence-electron chi connectivity index (χ4n) is 3.85. The van der Waals surface area contributed by atoms with E-state index in [0.717, 1.165) is 25.1 Å². The quantitative estimate of drug-likeness (QED) is 0.932. The van der Waals surface area contributed by atoms with Crippen LogP contribution in [0, 0.1) is 12.8 Å². The molecule has 0 bridgehead atoms. The standard InChI is InChI=1S/C17H25N3O2/c1-12-18-15(10-16(21)19-12)14-7-4-8-20(11-14)17(22)9-13-5-2-3-6-13/h10,13-14H,2-9,11H2,1H3,(H,18,19,21)/t14-/m0/s1. The number of aromatic amines is 1. The van der Waals surface area contributed by atoms with Gasteiger partial charge in [-0.25, -0.2) is 4.98 Å². The van der Waals surface area contributed by atoms with Gasteiger partial charge in [-0.2, -0.15) is 0 Å². The summed E-state index contributed by atoms with van der Waals surface area (Å²) in [7, 11) is 0. The van der Waals surface area contributed by atoms with Crippen molar-refractivity contribution < 1.29 is 4.79 Å². The molecule has 1 saturated heterocycles. The second-order valence-electron chi connectivity index (χ2n) is 6.79. The molecule has 2 fully saturated rings. The molecule has 3 rings (SSSR count). The van der Waals surface area contributed by atoms with E-state index in [9.17, 15) is 9.59 Å². The summed E-state index contributed by atoms with van der Waals surface area (Å²) in [5, 5.41) is 0. The minimum absolute atomic E-state index is 0.100. The summed E-state index contributed by atoms with van der Waals surface area (Å²) in [5.74, 6) is 1.73. The molecule has 1 aromatic heterocycles. The Balaban J connectivity index is 1.65. The number of hydrogen-bond donors (Lipinski definition) is 1. The van der Waals surface area contributed by atoms with Crippen molar-refractivity contribution in [2.75, 3.05) is 13.1 Å². The Hall–Kier alpha value is -1.65. The van der Waals surface area contributed by atoms with Gasteiger partial charge in [0, 0.05) is 31.5 Å². The van der Waals surface area contributed by atoms with Crippen LogP contribution in [0.15, 0.2) is 10.9 Å². The van der Waals surface area contributed by atoms with Crippen molar-refractivity contribution in [2.24, 2.45) is 5.92 Å². The number of carbonyl (C=O) groups excluding carboxylic acids is 1. The number of piperidine rings is 1. The lowest BCUT2D eigenvalue weighted by Crippen LogP contribution is -2.40. The number of amides is 1. The first-order chi connectivity index (χ1) is 10.6. The maximum Gasteiger partial charge on any atom is 0.251 e. The van der Waals surface area contributed by atoms with Crippen LogP contribution in [0.3, 0.4) is 0 Å². The lowest BCUT2D eigenvalue weighted by molar-refractivity contribution is -0.133. The van der Waals surface area contributed by atoms with Gasteiger partial charge >= 0.3 is 0 Å². The van der Waals surface area contributed by atoms with E-state index < -0.39 is 0 Å². The van der Waals surface area contributed by atoms with E-state index >= 15 is 0 Å². The van der Waals surface area contributed by atoms with Gasteiger partial charge in [0.2, 0.25) is 5.91 Å². The van der Waals surface area contributed by atoms with Crippen molar-refractivity contribution in [1.29, 1.82) is 0 Å². The Morgan fingerprint density at radius 3 is 2.82 bits per heavy atom. The van der Waals surface area contributed by atoms with E-state index in [1.54, 1.807) is 13.0 Å². The topological polar surface area (TPSA) is 66.1 Å². The van der Waals surface area contributed by atoms with E-state index in [4.69, 9.17) is 0 Å². The third kappa shape index (κ3) is 3.57. The zero-order chi connectivity index (χ0) is 15.5. The Kier molecular flexibility index (Phi) is 4.60. The molecule has 2 aliphatic rings. The number of aryl methyl sites for hydroxylation is 1. The van der Waals surface area contributed by atoms with Gasteiger partial charge in [-0.05, 0) is 38.5 Å². The Morgan fingerprint density at radius 1 is 1.32 bits per heavy atom. The summed E-state index contributed by atoms with van der Waals surface area (Å²) in [4.78, 5) is 33.3. The highest BCUT2D eigenvalue weighted by atomic mass is 16.2. The molecule has 1 amide bonds. The molecule has 1 aromatic rings. The van der Waals surface area contributed by atoms with Crippen molar-refractivity contribution >= 4 is 5.91 Å². The summed E-state index contributed by atoms with van der Waals surface area (Å²) in [5.41, 5.74) is 0.733. The minimum Gasteiger partial charge on any atom is -0.342 e. The van der Waals surface area contributed by atoms with Crippen molar-refractivity contribution in [3.63, 3.8) is 0 Å². The molecule has 5 nitrogen and oxygen atoms in total. The highest BCUT2D eigenvalue weighted by molar-refractivity contribution is 5.76. The molecule has 0 spiro atoms. The maximum atomic E-state index is 12.5. The van der Waals surface area contributed by atoms with Crippen LogP contribution in [-0.4, -0.2) is 33.9 Å². The molecule has 2 heterocycles. The number of aromatic nitrogens is 2. The van der Waals surface area contributed by atoms with E-state index in [1.807, 2.05) is 4.90 Å². The largest absolute Gasteiger partial charge is 0.342 e. The Morgan fingerprint density at radius 2 is 2.09 bits per heavy atom. The van der Waals surface area contributed by atoms with Gasteiger partial charge in [-0.1, -0.05) is 12.8 Å². The molecular formula is C17H25N3O2. The minimum atomic E-state index is -0.100. The van der Waals surface area contributed by atoms with Gasteiger partial charge in [0.25, 0.3) is 5.56 Å². The van der Waals surface area contributed by atoms with Gasteiger partial charge in [0.1, 0.15) is 5.82 Å². The second kappa shape index (κ2) is 6.63. The summed E-state index contributed by atoms with van der Waals surface area (Å²) >= 11 is 0. The fourth-order valence-corrected chi connectivity index (χ4v) is 3.85. The Bertz CT molecular complexity index is 590. The van der Waals surface area contributed by atoms with Gasteiger partial charge in [0.15, 0.2) is 0 Å². The molecule has 1 aliphatic heterocycles. The molecule has 0 aromatic carbocycles. The van der Waals surface area contributed by atoms with Crippen LogP contribution in [0.2, 0.25) is 0 Å². The molecule has 22 heavy (non-hydrogen) atoms. The molecule has 1 atom stereocenters. The fraction of sp³-hybridized carbons (Fsp3) is 0.706. The van der Waals surface area contributed by atoms with Gasteiger partial charge in [-0.3, -0.25) is 9.59 Å². The maximum absolute atomic E-state index is 12.5. The van der Waals surface area contributed by atoms with Crippen LogP contribution < -0.4 is 5.56 Å². The third-order valence-electron chi connectivity index (χ3n) is 5.01. The molecule has 5 heteroatoms. The first-order valence-corrected chi connectivity index (χ1v) is 8.47. The SMILES string of the molecule is Cc1nc([C@H]2CCCN(C(=O)CC3CCCC3)C2)cc(=O)[nH]1. The van der Waals surface area contributed by atoms with Crippen LogP contribution in [-0.2, 0) is 4.79 Å². The van der Waals surface area contributed by atoms with E-state index in [0.29, 0.717) is 24.7 Å². The number of rotatable bonds is 3. The Labute approximate surface area is 131 Å². The first-order valence-electron chi connectivity index (χ1n) is 8.47. The molecule has 1 N–H and O–H groups in total. The molecule has 0 radical (unpaired) electrons. The number of hydrogen-bond acceptors (Lipinski definition) is 3. The molecular weight excluding hydrogens is 278 g/mol. The molecule has 1 aliphatic carbocycles. The zero-order valence-electron chi connectivity index (χ0n) is 13.3. The number of H-pyrrole nitrogens is 1. The van der Waals surface area contributed by atoms with Crippen LogP contribution in [0.4, 0.5) is 0 Å². The summed E-state index contributed by atoms with van der Waals surface area (Å²) in [6.07, 6.45) is 7.66. The molecule has 1 saturated carbocycles. The van der Waals surface area contributed by atoms with Crippen LogP contribution >= 0.6 is 0 Å². The normalized spacial score (nSPS) is 23.0. The monoisotopic (exact) mass is 303 g/mol. The smallest absolute Gasteiger partial charge is 0.251 e. The lowest BCUT2D eigenvalue weighted by Gasteiger charge is -2.33. The lowest BCUT2D eigenvalue weighted by atomic mass is 9.93. The van der Waals surface area contributed by atoms with Crippen molar-refractivity contribution in [1.82, 2.24) is 14.9 Å². The number of likely N-dealkylation sites (tertiary alicyclic amines) is 1. The summed E-state index contributed by atoms with van der Waals surface area (Å²) in [6.45, 7) is 3.36. The van der Waals surface area contributed by atoms with Gasteiger partial charge in [-0.15, -0.1) is 0 Å². The van der Waals surface area contributed by atoms with Crippen LogP contribution in [0.1, 0.15) is 62.4 Å². The van der Waals surface area contributed by atoms with E-state index in [2.05, 4.69) is 9.97 Å². The van der Waals surface area contributed by atoms with Crippen molar-refractivity contribution in [3.05, 3.63) is 27.9 Å². The van der Waals surface area contributed by atoms with Crippen molar-refractivity contribution in [3.8, 4) is 0 Å². The number of nitrogens with one attached hydrogen (secondary N) is 1. The zero-order valence-corrected chi connectivity index (χ0v) is 13.3. The van der Waals surface area contributed by atoms with Gasteiger partial charge in [0.05, 0.1) is 5.69 Å². The number of carbonyl (C=O) groups is 1.